The average molecular weight is 312 g/mol. The van der Waals surface area contributed by atoms with Crippen LogP contribution in [0.5, 0.6) is 0 Å². The average Bonchev–Trinajstić information content (AvgIpc) is 2.49. The molecule has 0 bridgehead atoms. The van der Waals surface area contributed by atoms with E-state index < -0.39 is 0 Å². The number of aliphatic hydroxyl groups excluding tert-OH is 1. The first-order valence-electron chi connectivity index (χ1n) is 7.30. The molecule has 0 aliphatic carbocycles. The first kappa shape index (κ1) is 16.1. The first-order valence-corrected chi connectivity index (χ1v) is 8.59. The van der Waals surface area contributed by atoms with Gasteiger partial charge in [-0.2, -0.15) is 26.7 Å². The molecule has 1 aliphatic rings. The Labute approximate surface area is 129 Å². The van der Waals surface area contributed by atoms with E-state index in [1.54, 1.807) is 11.8 Å². The third kappa shape index (κ3) is 4.34. The van der Waals surface area contributed by atoms with Crippen molar-refractivity contribution in [3.05, 3.63) is 0 Å². The number of thioether (sulfide) groups is 1. The quantitative estimate of drug-likeness (QED) is 0.714. The molecular weight excluding hydrogens is 288 g/mol. The number of aliphatic hydroxyl groups is 1. The lowest BCUT2D eigenvalue weighted by atomic mass is 10.1. The summed E-state index contributed by atoms with van der Waals surface area (Å²) in [6.45, 7) is 4.03. The lowest BCUT2D eigenvalue weighted by Gasteiger charge is -2.27. The molecule has 1 fully saturated rings. The molecule has 0 saturated carbocycles. The van der Waals surface area contributed by atoms with Crippen LogP contribution in [0.25, 0.3) is 0 Å². The molecule has 0 aromatic carbocycles. The van der Waals surface area contributed by atoms with Gasteiger partial charge in [0.2, 0.25) is 17.8 Å². The molecular formula is C13H24N6OS. The first-order chi connectivity index (χ1) is 10.1. The Bertz CT molecular complexity index is 450. The van der Waals surface area contributed by atoms with Gasteiger partial charge >= 0.3 is 0 Å². The Morgan fingerprint density at radius 3 is 2.62 bits per heavy atom. The van der Waals surface area contributed by atoms with E-state index in [9.17, 15) is 5.11 Å². The lowest BCUT2D eigenvalue weighted by Crippen LogP contribution is -2.34. The predicted octanol–water partition coefficient (Wildman–Crippen LogP) is 0.968. The second kappa shape index (κ2) is 7.65. The van der Waals surface area contributed by atoms with Crippen LogP contribution in [0.15, 0.2) is 0 Å². The van der Waals surface area contributed by atoms with Crippen molar-refractivity contribution in [2.75, 3.05) is 41.9 Å². The monoisotopic (exact) mass is 312 g/mol. The maximum absolute atomic E-state index is 9.34. The SMILES string of the molecule is CSC(CO)C(C)Nc1nc(N)nc(N2CCCCC2)n1. The Balaban J connectivity index is 2.10. The van der Waals surface area contributed by atoms with E-state index >= 15 is 0 Å². The van der Waals surface area contributed by atoms with E-state index in [1.165, 1.54) is 6.42 Å². The third-order valence-corrected chi connectivity index (χ3v) is 4.84. The van der Waals surface area contributed by atoms with Gasteiger partial charge in [-0.25, -0.2) is 0 Å². The van der Waals surface area contributed by atoms with Crippen molar-refractivity contribution in [2.24, 2.45) is 0 Å². The molecule has 2 heterocycles. The molecule has 1 saturated heterocycles. The van der Waals surface area contributed by atoms with Gasteiger partial charge in [0.25, 0.3) is 0 Å². The molecule has 2 rings (SSSR count). The van der Waals surface area contributed by atoms with E-state index in [4.69, 9.17) is 5.73 Å². The number of aromatic nitrogens is 3. The van der Waals surface area contributed by atoms with Gasteiger partial charge in [-0.3, -0.25) is 0 Å². The van der Waals surface area contributed by atoms with Crippen molar-refractivity contribution < 1.29 is 5.11 Å². The zero-order valence-corrected chi connectivity index (χ0v) is 13.4. The molecule has 0 amide bonds. The Morgan fingerprint density at radius 2 is 2.00 bits per heavy atom. The zero-order valence-electron chi connectivity index (χ0n) is 12.6. The number of nitrogens with two attached hydrogens (primary N) is 1. The maximum Gasteiger partial charge on any atom is 0.231 e. The smallest absolute Gasteiger partial charge is 0.231 e. The predicted molar refractivity (Wildman–Crippen MR) is 87.8 cm³/mol. The summed E-state index contributed by atoms with van der Waals surface area (Å²) in [4.78, 5) is 15.0. The number of piperidine rings is 1. The fraction of sp³-hybridized carbons (Fsp3) is 0.769. The minimum atomic E-state index is 0.0426. The van der Waals surface area contributed by atoms with Crippen molar-refractivity contribution >= 4 is 29.6 Å². The Morgan fingerprint density at radius 1 is 1.29 bits per heavy atom. The zero-order chi connectivity index (χ0) is 15.2. The normalized spacial score (nSPS) is 18.3. The van der Waals surface area contributed by atoms with Crippen LogP contribution in [0.1, 0.15) is 26.2 Å². The minimum Gasteiger partial charge on any atom is -0.395 e. The van der Waals surface area contributed by atoms with Crippen molar-refractivity contribution in [1.29, 1.82) is 0 Å². The Kier molecular flexibility index (Phi) is 5.86. The molecule has 0 radical (unpaired) electrons. The van der Waals surface area contributed by atoms with E-state index in [2.05, 4.69) is 25.2 Å². The van der Waals surface area contributed by atoms with Crippen LogP contribution in [-0.2, 0) is 0 Å². The van der Waals surface area contributed by atoms with Crippen LogP contribution in [0.4, 0.5) is 17.8 Å². The number of anilines is 3. The molecule has 21 heavy (non-hydrogen) atoms. The van der Waals surface area contributed by atoms with E-state index in [-0.39, 0.29) is 23.8 Å². The number of nitrogens with one attached hydrogen (secondary N) is 1. The van der Waals surface area contributed by atoms with E-state index in [0.717, 1.165) is 25.9 Å². The molecule has 118 valence electrons. The molecule has 2 unspecified atom stereocenters. The van der Waals surface area contributed by atoms with Gasteiger partial charge in [0.05, 0.1) is 6.61 Å². The summed E-state index contributed by atoms with van der Waals surface area (Å²) in [5.41, 5.74) is 5.80. The summed E-state index contributed by atoms with van der Waals surface area (Å²) >= 11 is 1.61. The maximum atomic E-state index is 9.34. The van der Waals surface area contributed by atoms with Crippen LogP contribution >= 0.6 is 11.8 Å². The van der Waals surface area contributed by atoms with Gasteiger partial charge in [0.15, 0.2) is 0 Å². The highest BCUT2D eigenvalue weighted by Crippen LogP contribution is 2.19. The van der Waals surface area contributed by atoms with Crippen LogP contribution in [0, 0.1) is 0 Å². The number of nitrogen functional groups attached to an aromatic ring is 1. The van der Waals surface area contributed by atoms with Gasteiger partial charge in [-0.15, -0.1) is 0 Å². The van der Waals surface area contributed by atoms with Gasteiger partial charge < -0.3 is 21.1 Å². The van der Waals surface area contributed by atoms with Gasteiger partial charge in [0.1, 0.15) is 0 Å². The largest absolute Gasteiger partial charge is 0.395 e. The summed E-state index contributed by atoms with van der Waals surface area (Å²) in [6.07, 6.45) is 5.54. The van der Waals surface area contributed by atoms with Gasteiger partial charge in [-0.1, -0.05) is 0 Å². The summed E-state index contributed by atoms with van der Waals surface area (Å²) in [6, 6.07) is 0.0426. The van der Waals surface area contributed by atoms with Crippen LogP contribution in [0.2, 0.25) is 0 Å². The molecule has 2 atom stereocenters. The van der Waals surface area contributed by atoms with Crippen LogP contribution in [0.3, 0.4) is 0 Å². The standard InChI is InChI=1S/C13H24N6OS/c1-9(10(8-20)21-2)15-12-16-11(14)17-13(18-12)19-6-4-3-5-7-19/h9-10,20H,3-8H2,1-2H3,(H3,14,15,16,17,18). The summed E-state index contributed by atoms with van der Waals surface area (Å²) < 4.78 is 0. The summed E-state index contributed by atoms with van der Waals surface area (Å²) in [5, 5.41) is 12.6. The number of hydrogen-bond donors (Lipinski definition) is 3. The minimum absolute atomic E-state index is 0.0426. The van der Waals surface area contributed by atoms with E-state index in [1.807, 2.05) is 13.2 Å². The Hall–Kier alpha value is -1.28. The fourth-order valence-electron chi connectivity index (χ4n) is 2.41. The highest BCUT2D eigenvalue weighted by molar-refractivity contribution is 7.99. The van der Waals surface area contributed by atoms with Crippen LogP contribution in [-0.4, -0.2) is 57.3 Å². The summed E-state index contributed by atoms with van der Waals surface area (Å²) in [5.74, 6) is 1.34. The number of nitrogens with zero attached hydrogens (tertiary/aromatic N) is 4. The van der Waals surface area contributed by atoms with Crippen molar-refractivity contribution in [2.45, 2.75) is 37.5 Å². The number of rotatable bonds is 6. The molecule has 4 N–H and O–H groups in total. The van der Waals surface area contributed by atoms with Crippen molar-refractivity contribution in [3.63, 3.8) is 0 Å². The summed E-state index contributed by atoms with van der Waals surface area (Å²) in [7, 11) is 0. The van der Waals surface area contributed by atoms with Crippen molar-refractivity contribution in [1.82, 2.24) is 15.0 Å². The number of hydrogen-bond acceptors (Lipinski definition) is 8. The third-order valence-electron chi connectivity index (χ3n) is 3.68. The molecule has 1 aromatic rings. The van der Waals surface area contributed by atoms with Crippen molar-refractivity contribution in [3.8, 4) is 0 Å². The highest BCUT2D eigenvalue weighted by Gasteiger charge is 2.19. The van der Waals surface area contributed by atoms with E-state index in [0.29, 0.717) is 11.9 Å². The molecule has 7 nitrogen and oxygen atoms in total. The highest BCUT2D eigenvalue weighted by atomic mass is 32.2. The molecule has 0 spiro atoms. The van der Waals surface area contributed by atoms with Gasteiger partial charge in [0, 0.05) is 24.4 Å². The second-order valence-corrected chi connectivity index (χ2v) is 6.33. The molecule has 1 aliphatic heterocycles. The molecule has 8 heteroatoms. The van der Waals surface area contributed by atoms with Gasteiger partial charge in [-0.05, 0) is 32.4 Å². The fourth-order valence-corrected chi connectivity index (χ4v) is 3.04. The second-order valence-electron chi connectivity index (χ2n) is 5.25. The lowest BCUT2D eigenvalue weighted by molar-refractivity contribution is 0.288. The topological polar surface area (TPSA) is 100 Å². The van der Waals surface area contributed by atoms with Crippen LogP contribution < -0.4 is 16.0 Å². The molecule has 1 aromatic heterocycles.